The van der Waals surface area contributed by atoms with Crippen molar-refractivity contribution >= 4 is 27.5 Å². The van der Waals surface area contributed by atoms with E-state index in [1.807, 2.05) is 0 Å². The average molecular weight is 351 g/mol. The average Bonchev–Trinajstić information content (AvgIpc) is 3.30. The highest BCUT2D eigenvalue weighted by Gasteiger charge is 2.37. The Labute approximate surface area is 128 Å². The van der Waals surface area contributed by atoms with Crippen molar-refractivity contribution in [1.29, 1.82) is 0 Å². The van der Waals surface area contributed by atoms with Gasteiger partial charge in [-0.2, -0.15) is 13.3 Å². The lowest BCUT2D eigenvalue weighted by atomic mass is 10.4. The van der Waals surface area contributed by atoms with Crippen LogP contribution >= 0.6 is 17.5 Å². The van der Waals surface area contributed by atoms with Crippen molar-refractivity contribution in [1.82, 2.24) is 13.6 Å². The van der Waals surface area contributed by atoms with Crippen LogP contribution in [0.4, 0.5) is 4.39 Å². The van der Waals surface area contributed by atoms with E-state index >= 15 is 0 Å². The van der Waals surface area contributed by atoms with Gasteiger partial charge in [0.1, 0.15) is 0 Å². The van der Waals surface area contributed by atoms with Gasteiger partial charge in [-0.25, -0.2) is 13.1 Å². The molecule has 0 aromatic carbocycles. The first-order valence-electron chi connectivity index (χ1n) is 7.20. The number of halogens is 1. The first-order valence-corrected chi connectivity index (χ1v) is 10.7. The summed E-state index contributed by atoms with van der Waals surface area (Å²) in [5.41, 5.74) is 1.01. The van der Waals surface area contributed by atoms with E-state index in [0.29, 0.717) is 11.3 Å². The highest BCUT2D eigenvalue weighted by molar-refractivity contribution is 7.97. The summed E-state index contributed by atoms with van der Waals surface area (Å²) in [6.45, 7) is 3.56. The molecule has 9 heteroatoms. The maximum Gasteiger partial charge on any atom is 0.268 e. The van der Waals surface area contributed by atoms with Crippen LogP contribution in [0.3, 0.4) is 0 Å². The molecule has 0 amide bonds. The van der Waals surface area contributed by atoms with Crippen LogP contribution in [0, 0.1) is 5.95 Å². The smallest absolute Gasteiger partial charge is 0.236 e. The van der Waals surface area contributed by atoms with Gasteiger partial charge in [-0.3, -0.25) is 0 Å². The van der Waals surface area contributed by atoms with Gasteiger partial charge in [0.25, 0.3) is 10.0 Å². The van der Waals surface area contributed by atoms with E-state index < -0.39 is 16.0 Å². The van der Waals surface area contributed by atoms with Crippen molar-refractivity contribution in [2.24, 2.45) is 0 Å². The second kappa shape index (κ2) is 5.84. The van der Waals surface area contributed by atoms with E-state index in [2.05, 4.69) is 5.10 Å². The highest BCUT2D eigenvalue weighted by atomic mass is 32.2. The molecule has 0 spiro atoms. The molecular formula is C12H20FN3O2P2S. The third kappa shape index (κ3) is 3.64. The molecule has 0 N–H and O–H groups in total. The van der Waals surface area contributed by atoms with E-state index in [9.17, 15) is 12.8 Å². The zero-order valence-corrected chi connectivity index (χ0v) is 14.9. The summed E-state index contributed by atoms with van der Waals surface area (Å²) < 4.78 is 42.0. The molecule has 2 saturated carbocycles. The van der Waals surface area contributed by atoms with Crippen molar-refractivity contribution in [3.63, 3.8) is 0 Å². The molecule has 1 heterocycles. The van der Waals surface area contributed by atoms with Crippen LogP contribution in [0.1, 0.15) is 45.6 Å². The van der Waals surface area contributed by atoms with Gasteiger partial charge < -0.3 is 0 Å². The number of nitrogens with zero attached hydrogens (tertiary/aromatic N) is 3. The van der Waals surface area contributed by atoms with E-state index in [1.54, 1.807) is 17.7 Å². The van der Waals surface area contributed by atoms with Crippen molar-refractivity contribution < 1.29 is 12.8 Å². The molecule has 118 valence electrons. The predicted molar refractivity (Wildman–Crippen MR) is 84.3 cm³/mol. The van der Waals surface area contributed by atoms with Gasteiger partial charge in [-0.05, 0) is 68.3 Å². The molecule has 21 heavy (non-hydrogen) atoms. The second-order valence-electron chi connectivity index (χ2n) is 5.92. The molecule has 0 aliphatic heterocycles. The maximum absolute atomic E-state index is 13.8. The molecule has 1 aromatic heterocycles. The van der Waals surface area contributed by atoms with Gasteiger partial charge in [0.05, 0.1) is 0 Å². The highest BCUT2D eigenvalue weighted by Crippen LogP contribution is 2.54. The van der Waals surface area contributed by atoms with E-state index in [4.69, 9.17) is 0 Å². The van der Waals surface area contributed by atoms with Crippen LogP contribution in [-0.4, -0.2) is 33.4 Å². The van der Waals surface area contributed by atoms with Gasteiger partial charge in [-0.1, -0.05) is 0 Å². The Hall–Kier alpha value is -0.0900. The minimum Gasteiger partial charge on any atom is -0.236 e. The number of aromatic nitrogens is 2. The first-order chi connectivity index (χ1) is 9.88. The fourth-order valence-electron chi connectivity index (χ4n) is 1.87. The van der Waals surface area contributed by atoms with Gasteiger partial charge in [0.15, 0.2) is 5.03 Å². The Morgan fingerprint density at radius 3 is 2.19 bits per heavy atom. The Kier molecular flexibility index (Phi) is 4.39. The van der Waals surface area contributed by atoms with Crippen LogP contribution in [0.5, 0.6) is 0 Å². The summed E-state index contributed by atoms with van der Waals surface area (Å²) in [7, 11) is -3.09. The molecule has 2 unspecified atom stereocenters. The lowest BCUT2D eigenvalue weighted by Gasteiger charge is -2.20. The number of hydrogen-bond donors (Lipinski definition) is 0. The molecule has 0 radical (unpaired) electrons. The Morgan fingerprint density at radius 2 is 1.81 bits per heavy atom. The fraction of sp³-hybridized carbons (Fsp3) is 0.750. The number of rotatable bonds is 7. The summed E-state index contributed by atoms with van der Waals surface area (Å²) in [6, 6.07) is 0.857. The van der Waals surface area contributed by atoms with E-state index in [1.165, 1.54) is 0 Å². The normalized spacial score (nSPS) is 20.8. The standard InChI is InChI=1S/C12H20FN3O2P2S/c1-8(2)15-11(13)7-12(14-15)21(17,18)16(19-9-3-4-9)20-10-5-6-10/h7-10,19-20H,3-6H2,1-2H3. The monoisotopic (exact) mass is 351 g/mol. The first kappa shape index (κ1) is 15.8. The quantitative estimate of drug-likeness (QED) is 0.710. The molecule has 2 fully saturated rings. The van der Waals surface area contributed by atoms with Crippen molar-refractivity contribution in [3.05, 3.63) is 12.0 Å². The zero-order chi connectivity index (χ0) is 15.2. The molecule has 2 atom stereocenters. The summed E-state index contributed by atoms with van der Waals surface area (Å²) in [5.74, 6) is -0.590. The van der Waals surface area contributed by atoms with Gasteiger partial charge in [-0.15, -0.1) is 0 Å². The second-order valence-corrected chi connectivity index (χ2v) is 11.8. The van der Waals surface area contributed by atoms with E-state index in [-0.39, 0.29) is 28.5 Å². The lowest BCUT2D eigenvalue weighted by molar-refractivity contribution is 0.412. The van der Waals surface area contributed by atoms with Crippen LogP contribution in [0.15, 0.2) is 11.1 Å². The van der Waals surface area contributed by atoms with Crippen molar-refractivity contribution in [2.75, 3.05) is 0 Å². The molecule has 5 nitrogen and oxygen atoms in total. The minimum atomic E-state index is -3.66. The third-order valence-electron chi connectivity index (χ3n) is 3.42. The Morgan fingerprint density at radius 1 is 1.29 bits per heavy atom. The number of hydrogen-bond acceptors (Lipinski definition) is 3. The molecule has 0 bridgehead atoms. The Balaban J connectivity index is 1.86. The lowest BCUT2D eigenvalue weighted by Crippen LogP contribution is -2.18. The Bertz CT molecular complexity index is 612. The molecular weight excluding hydrogens is 331 g/mol. The largest absolute Gasteiger partial charge is 0.268 e. The molecule has 0 saturated heterocycles. The van der Waals surface area contributed by atoms with Crippen molar-refractivity contribution in [2.45, 2.75) is 61.9 Å². The molecule has 3 rings (SSSR count). The SMILES string of the molecule is CC(C)n1nc(S(=O)(=O)N(PC2CC2)PC2CC2)cc1F. The van der Waals surface area contributed by atoms with E-state index in [0.717, 1.165) is 36.4 Å². The topological polar surface area (TPSA) is 55.2 Å². The van der Waals surface area contributed by atoms with Crippen LogP contribution in [-0.2, 0) is 10.0 Å². The zero-order valence-electron chi connectivity index (χ0n) is 12.1. The summed E-state index contributed by atoms with van der Waals surface area (Å²) in [5, 5.41) is 3.83. The summed E-state index contributed by atoms with van der Waals surface area (Å²) in [4.78, 5) is 0. The molecule has 2 aliphatic carbocycles. The third-order valence-corrected chi connectivity index (χ3v) is 9.83. The molecule has 2 aliphatic rings. The van der Waals surface area contributed by atoms with Crippen LogP contribution < -0.4 is 0 Å². The minimum absolute atomic E-state index is 0.144. The van der Waals surface area contributed by atoms with Crippen molar-refractivity contribution in [3.8, 4) is 0 Å². The van der Waals surface area contributed by atoms with Gasteiger partial charge in [0.2, 0.25) is 5.95 Å². The van der Waals surface area contributed by atoms with Crippen LogP contribution in [0.2, 0.25) is 0 Å². The summed E-state index contributed by atoms with van der Waals surface area (Å²) >= 11 is 0. The summed E-state index contributed by atoms with van der Waals surface area (Å²) in [6.07, 6.45) is 4.42. The molecule has 1 aromatic rings. The predicted octanol–water partition coefficient (Wildman–Crippen LogP) is 3.11. The maximum atomic E-state index is 13.8. The van der Waals surface area contributed by atoms with Crippen LogP contribution in [0.25, 0.3) is 0 Å². The van der Waals surface area contributed by atoms with Gasteiger partial charge in [0, 0.05) is 12.1 Å². The fourth-order valence-corrected chi connectivity index (χ4v) is 7.96. The van der Waals surface area contributed by atoms with Gasteiger partial charge >= 0.3 is 0 Å². The number of sulfonamides is 1.